The molecule has 2 aromatic heterocycles. The predicted octanol–water partition coefficient (Wildman–Crippen LogP) is 1.32. The fraction of sp³-hybridized carbons (Fsp3) is 0.278. The van der Waals surface area contributed by atoms with Crippen molar-refractivity contribution >= 4 is 17.7 Å². The number of anilines is 1. The van der Waals surface area contributed by atoms with E-state index in [0.29, 0.717) is 17.9 Å². The molecule has 0 aliphatic carbocycles. The first kappa shape index (κ1) is 18.6. The molecule has 11 heteroatoms. The number of nitrogens with zero attached hydrogens (tertiary/aromatic N) is 5. The molecule has 0 spiro atoms. The quantitative estimate of drug-likeness (QED) is 0.645. The Kier molecular flexibility index (Phi) is 4.94. The topological polar surface area (TPSA) is 118 Å². The maximum atomic E-state index is 14.7. The van der Waals surface area contributed by atoms with Crippen LogP contribution >= 0.6 is 0 Å². The van der Waals surface area contributed by atoms with Crippen LogP contribution in [0, 0.1) is 5.82 Å². The molecule has 1 atom stereocenters. The first-order valence-electron chi connectivity index (χ1n) is 8.89. The number of H-pyrrole nitrogens is 1. The zero-order valence-corrected chi connectivity index (χ0v) is 15.5. The summed E-state index contributed by atoms with van der Waals surface area (Å²) in [6.45, 7) is 2.24. The van der Waals surface area contributed by atoms with E-state index < -0.39 is 18.0 Å². The van der Waals surface area contributed by atoms with Crippen molar-refractivity contribution in [3.8, 4) is 11.3 Å². The van der Waals surface area contributed by atoms with E-state index in [0.717, 1.165) is 5.69 Å². The number of ether oxygens (including phenoxy) is 1. The Bertz CT molecular complexity index is 1030. The summed E-state index contributed by atoms with van der Waals surface area (Å²) in [6.07, 6.45) is 3.79. The molecule has 150 valence electrons. The summed E-state index contributed by atoms with van der Waals surface area (Å²) in [4.78, 5) is 31.3. The highest BCUT2D eigenvalue weighted by Crippen LogP contribution is 2.28. The van der Waals surface area contributed by atoms with Crippen molar-refractivity contribution in [3.05, 3.63) is 48.4 Å². The molecule has 1 aromatic carbocycles. The summed E-state index contributed by atoms with van der Waals surface area (Å²) < 4.78 is 21.5. The third-order valence-electron chi connectivity index (χ3n) is 4.42. The smallest absolute Gasteiger partial charge is 0.414 e. The number of benzene rings is 1. The first-order chi connectivity index (χ1) is 14.0. The van der Waals surface area contributed by atoms with Crippen molar-refractivity contribution in [3.63, 3.8) is 0 Å². The van der Waals surface area contributed by atoms with Crippen LogP contribution in [0.5, 0.6) is 0 Å². The highest BCUT2D eigenvalue weighted by Gasteiger charge is 2.32. The maximum Gasteiger partial charge on any atom is 0.414 e. The van der Waals surface area contributed by atoms with Crippen LogP contribution < -0.4 is 10.2 Å². The number of carbonyl (C=O) groups is 2. The van der Waals surface area contributed by atoms with Gasteiger partial charge in [0.2, 0.25) is 5.91 Å². The number of halogens is 1. The number of carbonyl (C=O) groups excluding carboxylic acids is 2. The Morgan fingerprint density at radius 1 is 1.45 bits per heavy atom. The normalized spacial score (nSPS) is 16.1. The number of hydrogen-bond donors (Lipinski definition) is 2. The zero-order valence-electron chi connectivity index (χ0n) is 15.5. The average molecular weight is 399 g/mol. The van der Waals surface area contributed by atoms with Gasteiger partial charge in [-0.3, -0.25) is 9.69 Å². The third-order valence-corrected chi connectivity index (χ3v) is 4.42. The molecule has 1 aliphatic rings. The lowest BCUT2D eigenvalue weighted by Crippen LogP contribution is -2.33. The van der Waals surface area contributed by atoms with Crippen LogP contribution in [0.3, 0.4) is 0 Å². The number of imidazole rings is 1. The summed E-state index contributed by atoms with van der Waals surface area (Å²) in [5.41, 5.74) is 1.86. The summed E-state index contributed by atoms with van der Waals surface area (Å²) >= 11 is 0. The lowest BCUT2D eigenvalue weighted by atomic mass is 10.1. The van der Waals surface area contributed by atoms with Gasteiger partial charge in [0.05, 0.1) is 43.5 Å². The molecule has 1 fully saturated rings. The number of nitrogens with one attached hydrogen (secondary N) is 2. The minimum absolute atomic E-state index is 0.206. The molecule has 0 radical (unpaired) electrons. The van der Waals surface area contributed by atoms with Gasteiger partial charge in [0.25, 0.3) is 0 Å². The molecule has 1 aliphatic heterocycles. The van der Waals surface area contributed by atoms with Crippen LogP contribution in [0.15, 0.2) is 36.9 Å². The minimum Gasteiger partial charge on any atom is -0.442 e. The minimum atomic E-state index is -0.585. The number of hydrogen-bond acceptors (Lipinski definition) is 6. The Balaban J connectivity index is 1.48. The maximum absolute atomic E-state index is 14.7. The van der Waals surface area contributed by atoms with Crippen molar-refractivity contribution in [1.82, 2.24) is 30.3 Å². The van der Waals surface area contributed by atoms with E-state index in [9.17, 15) is 14.0 Å². The number of aromatic nitrogens is 5. The van der Waals surface area contributed by atoms with E-state index in [1.54, 1.807) is 35.5 Å². The Hall–Kier alpha value is -3.76. The van der Waals surface area contributed by atoms with Crippen LogP contribution in [0.4, 0.5) is 14.9 Å². The lowest BCUT2D eigenvalue weighted by Gasteiger charge is -2.14. The van der Waals surface area contributed by atoms with Crippen molar-refractivity contribution in [1.29, 1.82) is 0 Å². The SMILES string of the molecule is CC(=O)NCC1CN(c2ccc(-c3cn(Cc4cnc[nH]4)nn3)c(F)c2)C(=O)O1. The second kappa shape index (κ2) is 7.70. The molecule has 0 saturated carbocycles. The number of rotatable bonds is 6. The number of aromatic amines is 1. The van der Waals surface area contributed by atoms with Gasteiger partial charge in [0.1, 0.15) is 17.6 Å². The predicted molar refractivity (Wildman–Crippen MR) is 99.4 cm³/mol. The van der Waals surface area contributed by atoms with E-state index in [-0.39, 0.29) is 24.6 Å². The fourth-order valence-corrected chi connectivity index (χ4v) is 3.02. The molecule has 3 aromatic rings. The van der Waals surface area contributed by atoms with E-state index >= 15 is 0 Å². The second-order valence-corrected chi connectivity index (χ2v) is 6.60. The largest absolute Gasteiger partial charge is 0.442 e. The van der Waals surface area contributed by atoms with Crippen molar-refractivity contribution in [2.75, 3.05) is 18.0 Å². The number of amides is 2. The summed E-state index contributed by atoms with van der Waals surface area (Å²) in [5.74, 6) is -0.746. The van der Waals surface area contributed by atoms with E-state index in [2.05, 4.69) is 25.6 Å². The first-order valence-corrected chi connectivity index (χ1v) is 8.89. The molecule has 4 rings (SSSR count). The van der Waals surface area contributed by atoms with Gasteiger partial charge in [-0.25, -0.2) is 18.9 Å². The van der Waals surface area contributed by atoms with Crippen LogP contribution in [-0.4, -0.2) is 56.2 Å². The van der Waals surface area contributed by atoms with Gasteiger partial charge < -0.3 is 15.0 Å². The van der Waals surface area contributed by atoms with Gasteiger partial charge in [0.15, 0.2) is 0 Å². The highest BCUT2D eigenvalue weighted by molar-refractivity contribution is 5.90. The van der Waals surface area contributed by atoms with Crippen molar-refractivity contribution in [2.24, 2.45) is 0 Å². The molecule has 0 bridgehead atoms. The standard InChI is InChI=1S/C18H18FN7O3/c1-11(27)21-6-14-8-26(18(28)29-14)13-2-3-15(16(19)4-13)17-9-25(24-23-17)7-12-5-20-10-22-12/h2-5,9-10,14H,6-8H2,1H3,(H,20,22)(H,21,27). The molecule has 1 unspecified atom stereocenters. The van der Waals surface area contributed by atoms with Crippen LogP contribution in [-0.2, 0) is 16.1 Å². The van der Waals surface area contributed by atoms with E-state index in [1.165, 1.54) is 17.9 Å². The van der Waals surface area contributed by atoms with Gasteiger partial charge in [-0.1, -0.05) is 5.21 Å². The number of cyclic esters (lactones) is 1. The monoisotopic (exact) mass is 399 g/mol. The van der Waals surface area contributed by atoms with E-state index in [4.69, 9.17) is 4.74 Å². The Labute approximate surface area is 164 Å². The molecule has 2 N–H and O–H groups in total. The van der Waals surface area contributed by atoms with E-state index in [1.807, 2.05) is 0 Å². The third kappa shape index (κ3) is 4.08. The molecule has 10 nitrogen and oxygen atoms in total. The molecule has 29 heavy (non-hydrogen) atoms. The molecular weight excluding hydrogens is 381 g/mol. The van der Waals surface area contributed by atoms with Gasteiger partial charge >= 0.3 is 6.09 Å². The average Bonchev–Trinajstić information content (AvgIpc) is 3.42. The Morgan fingerprint density at radius 2 is 2.31 bits per heavy atom. The summed E-state index contributed by atoms with van der Waals surface area (Å²) in [5, 5.41) is 10.6. The summed E-state index contributed by atoms with van der Waals surface area (Å²) in [7, 11) is 0. The van der Waals surface area contributed by atoms with Gasteiger partial charge in [-0.15, -0.1) is 5.10 Å². The van der Waals surface area contributed by atoms with Gasteiger partial charge in [-0.2, -0.15) is 0 Å². The Morgan fingerprint density at radius 3 is 3.03 bits per heavy atom. The molecule has 3 heterocycles. The van der Waals surface area contributed by atoms with Crippen LogP contribution in [0.25, 0.3) is 11.3 Å². The summed E-state index contributed by atoms with van der Waals surface area (Å²) in [6, 6.07) is 4.42. The van der Waals surface area contributed by atoms with Crippen LogP contribution in [0.2, 0.25) is 0 Å². The fourth-order valence-electron chi connectivity index (χ4n) is 3.02. The second-order valence-electron chi connectivity index (χ2n) is 6.60. The van der Waals surface area contributed by atoms with Crippen molar-refractivity contribution < 1.29 is 18.7 Å². The molecule has 2 amide bonds. The van der Waals surface area contributed by atoms with Gasteiger partial charge in [-0.05, 0) is 18.2 Å². The lowest BCUT2D eigenvalue weighted by molar-refractivity contribution is -0.119. The molecule has 1 saturated heterocycles. The molecular formula is C18H18FN7O3. The van der Waals surface area contributed by atoms with Gasteiger partial charge in [0, 0.05) is 18.7 Å². The zero-order chi connectivity index (χ0) is 20.4. The highest BCUT2D eigenvalue weighted by atomic mass is 19.1. The van der Waals surface area contributed by atoms with Crippen molar-refractivity contribution in [2.45, 2.75) is 19.6 Å². The van der Waals surface area contributed by atoms with Crippen LogP contribution in [0.1, 0.15) is 12.6 Å².